The number of aromatic nitrogens is 3. The Morgan fingerprint density at radius 1 is 1.04 bits per heavy atom. The average molecular weight is 367 g/mol. The minimum absolute atomic E-state index is 0.0199. The van der Waals surface area contributed by atoms with E-state index in [1.807, 2.05) is 24.6 Å². The average Bonchev–Trinajstić information content (AvgIpc) is 2.84. The van der Waals surface area contributed by atoms with Crippen LogP contribution in [-0.2, 0) is 7.05 Å². The summed E-state index contributed by atoms with van der Waals surface area (Å²) in [6.07, 6.45) is 1.85. The molecule has 0 atom stereocenters. The van der Waals surface area contributed by atoms with Crippen molar-refractivity contribution in [2.45, 2.75) is 60.4 Å². The first-order valence-electron chi connectivity index (χ1n) is 9.71. The molecule has 3 aromatic rings. The van der Waals surface area contributed by atoms with Crippen LogP contribution >= 0.6 is 0 Å². The molecule has 0 amide bonds. The summed E-state index contributed by atoms with van der Waals surface area (Å²) in [4.78, 5) is 17.8. The second-order valence-corrected chi connectivity index (χ2v) is 7.56. The molecule has 3 rings (SSSR count). The standard InChI is InChI=1S/C22H30N4O/c1-8-17(9-2)26-18-12-16(6)23-21(20(18)25(7)22(26)27)24-19-14(4)10-13(3)11-15(19)5/h10-12,17H,8-9H2,1-7H3,(H,23,24). The van der Waals surface area contributed by atoms with Gasteiger partial charge in [-0.05, 0) is 57.7 Å². The van der Waals surface area contributed by atoms with Crippen molar-refractivity contribution in [1.29, 1.82) is 0 Å². The minimum Gasteiger partial charge on any atom is -0.338 e. The quantitative estimate of drug-likeness (QED) is 0.685. The lowest BCUT2D eigenvalue weighted by atomic mass is 10.1. The smallest absolute Gasteiger partial charge is 0.329 e. The highest BCUT2D eigenvalue weighted by molar-refractivity contribution is 5.90. The van der Waals surface area contributed by atoms with Gasteiger partial charge in [-0.2, -0.15) is 0 Å². The van der Waals surface area contributed by atoms with Crippen LogP contribution in [0.5, 0.6) is 0 Å². The number of hydrogen-bond donors (Lipinski definition) is 1. The number of fused-ring (bicyclic) bond motifs is 1. The van der Waals surface area contributed by atoms with Crippen LogP contribution in [0, 0.1) is 27.7 Å². The molecular weight excluding hydrogens is 336 g/mol. The van der Waals surface area contributed by atoms with Crippen molar-refractivity contribution in [2.24, 2.45) is 7.05 Å². The van der Waals surface area contributed by atoms with Crippen LogP contribution in [0.1, 0.15) is 55.1 Å². The highest BCUT2D eigenvalue weighted by atomic mass is 16.1. The number of benzene rings is 1. The zero-order chi connectivity index (χ0) is 19.9. The number of imidazole rings is 1. The van der Waals surface area contributed by atoms with Gasteiger partial charge in [-0.25, -0.2) is 9.78 Å². The normalized spacial score (nSPS) is 11.6. The molecule has 144 valence electrons. The fourth-order valence-corrected chi connectivity index (χ4v) is 4.11. The molecule has 0 aliphatic carbocycles. The summed E-state index contributed by atoms with van der Waals surface area (Å²) in [7, 11) is 1.83. The topological polar surface area (TPSA) is 51.9 Å². The van der Waals surface area contributed by atoms with Crippen molar-refractivity contribution < 1.29 is 0 Å². The van der Waals surface area contributed by atoms with E-state index >= 15 is 0 Å². The lowest BCUT2D eigenvalue weighted by Gasteiger charge is -2.16. The first-order chi connectivity index (χ1) is 12.8. The highest BCUT2D eigenvalue weighted by Gasteiger charge is 2.21. The molecule has 0 bridgehead atoms. The lowest BCUT2D eigenvalue weighted by Crippen LogP contribution is -2.25. The van der Waals surface area contributed by atoms with Gasteiger partial charge in [0.05, 0.1) is 5.52 Å². The van der Waals surface area contributed by atoms with Crippen LogP contribution in [-0.4, -0.2) is 14.1 Å². The maximum atomic E-state index is 13.0. The minimum atomic E-state index is 0.0199. The summed E-state index contributed by atoms with van der Waals surface area (Å²) in [5.74, 6) is 0.740. The molecule has 2 heterocycles. The predicted molar refractivity (Wildman–Crippen MR) is 113 cm³/mol. The number of hydrogen-bond acceptors (Lipinski definition) is 3. The largest absolute Gasteiger partial charge is 0.338 e. The Morgan fingerprint density at radius 2 is 1.63 bits per heavy atom. The van der Waals surface area contributed by atoms with Gasteiger partial charge in [0.1, 0.15) is 5.52 Å². The van der Waals surface area contributed by atoms with E-state index in [-0.39, 0.29) is 11.7 Å². The van der Waals surface area contributed by atoms with Crippen LogP contribution in [0.4, 0.5) is 11.5 Å². The molecule has 5 nitrogen and oxygen atoms in total. The van der Waals surface area contributed by atoms with Gasteiger partial charge in [0.15, 0.2) is 5.82 Å². The molecule has 0 unspecified atom stereocenters. The SMILES string of the molecule is CCC(CC)n1c(=O)n(C)c2c(Nc3c(C)cc(C)cc3C)nc(C)cc21. The van der Waals surface area contributed by atoms with Crippen molar-refractivity contribution in [3.8, 4) is 0 Å². The van der Waals surface area contributed by atoms with Gasteiger partial charge < -0.3 is 5.32 Å². The molecule has 0 saturated heterocycles. The Hall–Kier alpha value is -2.56. The fourth-order valence-electron chi connectivity index (χ4n) is 4.11. The van der Waals surface area contributed by atoms with Gasteiger partial charge >= 0.3 is 5.69 Å². The summed E-state index contributed by atoms with van der Waals surface area (Å²) in [5, 5.41) is 3.52. The summed E-state index contributed by atoms with van der Waals surface area (Å²) in [5.41, 5.74) is 7.38. The summed E-state index contributed by atoms with van der Waals surface area (Å²) >= 11 is 0. The number of rotatable bonds is 5. The van der Waals surface area contributed by atoms with Crippen LogP contribution in [0.15, 0.2) is 23.0 Å². The zero-order valence-corrected chi connectivity index (χ0v) is 17.5. The third-order valence-electron chi connectivity index (χ3n) is 5.42. The van der Waals surface area contributed by atoms with Crippen LogP contribution in [0.25, 0.3) is 11.0 Å². The molecule has 27 heavy (non-hydrogen) atoms. The molecule has 0 spiro atoms. The first kappa shape index (κ1) is 19.2. The molecule has 2 aromatic heterocycles. The zero-order valence-electron chi connectivity index (χ0n) is 17.5. The van der Waals surface area contributed by atoms with E-state index < -0.39 is 0 Å². The number of nitrogens with zero attached hydrogens (tertiary/aromatic N) is 3. The van der Waals surface area contributed by atoms with Gasteiger partial charge in [0.2, 0.25) is 0 Å². The van der Waals surface area contributed by atoms with Crippen LogP contribution in [0.3, 0.4) is 0 Å². The van der Waals surface area contributed by atoms with Gasteiger partial charge in [0, 0.05) is 24.5 Å². The molecular formula is C22H30N4O. The Bertz CT molecular complexity index is 1030. The predicted octanol–water partition coefficient (Wildman–Crippen LogP) is 5.07. The van der Waals surface area contributed by atoms with Gasteiger partial charge in [0.25, 0.3) is 0 Å². The van der Waals surface area contributed by atoms with Crippen LogP contribution < -0.4 is 11.0 Å². The van der Waals surface area contributed by atoms with Crippen molar-refractivity contribution in [3.05, 3.63) is 51.1 Å². The van der Waals surface area contributed by atoms with Crippen molar-refractivity contribution in [1.82, 2.24) is 14.1 Å². The Morgan fingerprint density at radius 3 is 2.19 bits per heavy atom. The third-order valence-corrected chi connectivity index (χ3v) is 5.42. The molecule has 1 N–H and O–H groups in total. The van der Waals surface area contributed by atoms with E-state index in [0.29, 0.717) is 0 Å². The summed E-state index contributed by atoms with van der Waals surface area (Å²) in [6.45, 7) is 12.5. The summed E-state index contributed by atoms with van der Waals surface area (Å²) < 4.78 is 3.66. The van der Waals surface area contributed by atoms with Crippen molar-refractivity contribution in [2.75, 3.05) is 5.32 Å². The molecule has 0 aliphatic heterocycles. The number of nitrogens with one attached hydrogen (secondary N) is 1. The van der Waals surface area contributed by atoms with Gasteiger partial charge in [-0.3, -0.25) is 9.13 Å². The second-order valence-electron chi connectivity index (χ2n) is 7.56. The molecule has 0 aliphatic rings. The molecule has 0 saturated carbocycles. The Kier molecular flexibility index (Phi) is 5.13. The highest BCUT2D eigenvalue weighted by Crippen LogP contribution is 2.31. The van der Waals surface area contributed by atoms with E-state index in [4.69, 9.17) is 4.98 Å². The van der Waals surface area contributed by atoms with E-state index in [9.17, 15) is 4.79 Å². The maximum Gasteiger partial charge on any atom is 0.329 e. The fraction of sp³-hybridized carbons (Fsp3) is 0.455. The number of anilines is 2. The van der Waals surface area contributed by atoms with E-state index in [0.717, 1.165) is 41.1 Å². The molecule has 0 radical (unpaired) electrons. The van der Waals surface area contributed by atoms with Crippen LogP contribution in [0.2, 0.25) is 0 Å². The van der Waals surface area contributed by atoms with E-state index in [1.165, 1.54) is 16.7 Å². The number of aryl methyl sites for hydroxylation is 5. The Balaban J connectivity index is 2.27. The number of pyridine rings is 1. The third kappa shape index (κ3) is 3.27. The Labute approximate surface area is 161 Å². The van der Waals surface area contributed by atoms with Crippen molar-refractivity contribution >= 4 is 22.5 Å². The monoisotopic (exact) mass is 366 g/mol. The maximum absolute atomic E-state index is 13.0. The van der Waals surface area contributed by atoms with Gasteiger partial charge in [-0.1, -0.05) is 31.5 Å². The van der Waals surface area contributed by atoms with E-state index in [2.05, 4.69) is 52.1 Å². The summed E-state index contributed by atoms with van der Waals surface area (Å²) in [6, 6.07) is 6.54. The second kappa shape index (κ2) is 7.22. The molecule has 0 fully saturated rings. The molecule has 1 aromatic carbocycles. The lowest BCUT2D eigenvalue weighted by molar-refractivity contribution is 0.465. The van der Waals surface area contributed by atoms with Crippen molar-refractivity contribution in [3.63, 3.8) is 0 Å². The van der Waals surface area contributed by atoms with E-state index in [1.54, 1.807) is 4.57 Å². The first-order valence-corrected chi connectivity index (χ1v) is 9.71. The molecule has 5 heteroatoms. The van der Waals surface area contributed by atoms with Gasteiger partial charge in [-0.15, -0.1) is 0 Å².